The number of hydrogen-bond donors (Lipinski definition) is 0. The van der Waals surface area contributed by atoms with E-state index in [2.05, 4.69) is 27.2 Å². The quantitative estimate of drug-likeness (QED) is 0.732. The highest BCUT2D eigenvalue weighted by molar-refractivity contribution is 5.63. The molecule has 0 bridgehead atoms. The van der Waals surface area contributed by atoms with E-state index >= 15 is 0 Å². The van der Waals surface area contributed by atoms with E-state index in [0.29, 0.717) is 6.79 Å². The number of nitrogens with zero attached hydrogens (tertiary/aromatic N) is 3. The van der Waals surface area contributed by atoms with E-state index in [1.54, 1.807) is 0 Å². The van der Waals surface area contributed by atoms with Crippen LogP contribution in [0.5, 0.6) is 11.5 Å². The van der Waals surface area contributed by atoms with E-state index in [9.17, 15) is 0 Å². The molecular formula is C25H31N3O3. The predicted octanol–water partition coefficient (Wildman–Crippen LogP) is 3.80. The van der Waals surface area contributed by atoms with E-state index in [1.165, 1.54) is 45.3 Å². The third kappa shape index (κ3) is 4.15. The number of aromatic nitrogens is 2. The zero-order chi connectivity index (χ0) is 20.6. The molecule has 3 atom stereocenters. The van der Waals surface area contributed by atoms with Gasteiger partial charge >= 0.3 is 0 Å². The van der Waals surface area contributed by atoms with Crippen molar-refractivity contribution in [1.29, 1.82) is 0 Å². The van der Waals surface area contributed by atoms with Crippen LogP contribution in [0.15, 0.2) is 30.3 Å². The number of fused-ring (bicyclic) bond motifs is 2. The molecule has 0 N–H and O–H groups in total. The van der Waals surface area contributed by atoms with Crippen LogP contribution < -0.4 is 9.47 Å². The second-order valence-electron chi connectivity index (χ2n) is 9.81. The molecule has 0 amide bonds. The van der Waals surface area contributed by atoms with Gasteiger partial charge in [-0.2, -0.15) is 10.2 Å². The highest BCUT2D eigenvalue weighted by atomic mass is 16.7. The largest absolute Gasteiger partial charge is 0.454 e. The number of likely N-dealkylation sites (tertiary alicyclic amines) is 1. The van der Waals surface area contributed by atoms with E-state index < -0.39 is 0 Å². The van der Waals surface area contributed by atoms with E-state index in [-0.39, 0.29) is 0 Å². The van der Waals surface area contributed by atoms with E-state index in [0.717, 1.165) is 71.8 Å². The Labute approximate surface area is 183 Å². The lowest BCUT2D eigenvalue weighted by Crippen LogP contribution is -2.31. The van der Waals surface area contributed by atoms with Crippen LogP contribution >= 0.6 is 0 Å². The minimum atomic E-state index is 0.292. The van der Waals surface area contributed by atoms with Crippen molar-refractivity contribution < 1.29 is 14.2 Å². The van der Waals surface area contributed by atoms with Gasteiger partial charge in [-0.05, 0) is 86.1 Å². The Hall–Kier alpha value is -2.18. The van der Waals surface area contributed by atoms with Crippen molar-refractivity contribution in [1.82, 2.24) is 15.1 Å². The maximum atomic E-state index is 5.52. The van der Waals surface area contributed by atoms with Crippen LogP contribution in [0.3, 0.4) is 0 Å². The fourth-order valence-corrected chi connectivity index (χ4v) is 6.11. The van der Waals surface area contributed by atoms with Crippen LogP contribution in [0.1, 0.15) is 31.4 Å². The van der Waals surface area contributed by atoms with Crippen LogP contribution in [0.2, 0.25) is 0 Å². The topological polar surface area (TPSA) is 56.7 Å². The van der Waals surface area contributed by atoms with Crippen molar-refractivity contribution in [2.75, 3.05) is 39.6 Å². The molecule has 4 heterocycles. The Kier molecular flexibility index (Phi) is 5.28. The summed E-state index contributed by atoms with van der Waals surface area (Å²) in [5.74, 6) is 4.95. The van der Waals surface area contributed by atoms with Crippen molar-refractivity contribution in [2.24, 2.45) is 23.7 Å². The molecule has 1 aromatic heterocycles. The molecule has 2 saturated heterocycles. The van der Waals surface area contributed by atoms with Crippen molar-refractivity contribution >= 4 is 0 Å². The third-order valence-electron chi connectivity index (χ3n) is 7.67. The van der Waals surface area contributed by atoms with Crippen LogP contribution in [0.25, 0.3) is 11.3 Å². The minimum absolute atomic E-state index is 0.292. The molecule has 1 aliphatic carbocycles. The Morgan fingerprint density at radius 2 is 1.68 bits per heavy atom. The second kappa shape index (κ2) is 8.40. The number of benzene rings is 1. The van der Waals surface area contributed by atoms with Gasteiger partial charge in [-0.25, -0.2) is 0 Å². The lowest BCUT2D eigenvalue weighted by atomic mass is 9.98. The smallest absolute Gasteiger partial charge is 0.231 e. The second-order valence-corrected chi connectivity index (χ2v) is 9.81. The standard InChI is InChI=1S/C25H31N3O3/c1-4-24-25(31-16-30-24)12-19(1)23-3-2-22(26-27-23)11-18-9-20-14-28(15-21(20)10-18)13-17-5-7-29-8-6-17/h1-4,12,17-18,20-21H,5-11,13-16H2/t18?,20-,21+. The molecule has 164 valence electrons. The van der Waals surface area contributed by atoms with E-state index in [1.807, 2.05) is 18.2 Å². The molecule has 1 saturated carbocycles. The summed E-state index contributed by atoms with van der Waals surface area (Å²) < 4.78 is 16.4. The van der Waals surface area contributed by atoms with Gasteiger partial charge in [0.05, 0.1) is 11.4 Å². The first-order valence-electron chi connectivity index (χ1n) is 11.8. The van der Waals surface area contributed by atoms with E-state index in [4.69, 9.17) is 14.2 Å². The zero-order valence-electron chi connectivity index (χ0n) is 18.0. The van der Waals surface area contributed by atoms with Gasteiger partial charge in [-0.3, -0.25) is 0 Å². The molecule has 1 unspecified atom stereocenters. The Morgan fingerprint density at radius 3 is 2.45 bits per heavy atom. The van der Waals surface area contributed by atoms with Crippen molar-refractivity contribution in [2.45, 2.75) is 32.1 Å². The minimum Gasteiger partial charge on any atom is -0.454 e. The molecule has 6 nitrogen and oxygen atoms in total. The van der Waals surface area contributed by atoms with Gasteiger partial charge in [0.1, 0.15) is 0 Å². The molecule has 4 aliphatic rings. The van der Waals surface area contributed by atoms with Gasteiger partial charge in [0.2, 0.25) is 6.79 Å². The molecular weight excluding hydrogens is 390 g/mol. The molecule has 6 heteroatoms. The predicted molar refractivity (Wildman–Crippen MR) is 117 cm³/mol. The maximum absolute atomic E-state index is 5.52. The first kappa shape index (κ1) is 19.5. The summed E-state index contributed by atoms with van der Waals surface area (Å²) in [5.41, 5.74) is 3.02. The summed E-state index contributed by atoms with van der Waals surface area (Å²) in [4.78, 5) is 2.74. The van der Waals surface area contributed by atoms with Crippen LogP contribution in [-0.2, 0) is 11.2 Å². The Balaban J connectivity index is 1.02. The SMILES string of the molecule is c1cc2c(cc1-c1ccc(CC3C[C@@H]4CN(CC5CCOCC5)C[C@@H]4C3)nn1)OCO2. The average molecular weight is 422 g/mol. The molecule has 31 heavy (non-hydrogen) atoms. The lowest BCUT2D eigenvalue weighted by molar-refractivity contribution is 0.0544. The van der Waals surface area contributed by atoms with Gasteiger partial charge in [-0.1, -0.05) is 0 Å². The normalized spacial score (nSPS) is 28.2. The summed E-state index contributed by atoms with van der Waals surface area (Å²) in [7, 11) is 0. The lowest BCUT2D eigenvalue weighted by Gasteiger charge is -2.27. The average Bonchev–Trinajstić information content (AvgIpc) is 3.49. The fourth-order valence-electron chi connectivity index (χ4n) is 6.11. The number of ether oxygens (including phenoxy) is 3. The third-order valence-corrected chi connectivity index (χ3v) is 7.67. The molecule has 0 radical (unpaired) electrons. The van der Waals surface area contributed by atoms with Crippen LogP contribution in [0.4, 0.5) is 0 Å². The van der Waals surface area contributed by atoms with Gasteiger partial charge in [0.15, 0.2) is 11.5 Å². The highest BCUT2D eigenvalue weighted by Crippen LogP contribution is 2.43. The summed E-state index contributed by atoms with van der Waals surface area (Å²) in [6.45, 7) is 6.10. The van der Waals surface area contributed by atoms with Gasteiger partial charge in [-0.15, -0.1) is 0 Å². The Bertz CT molecular complexity index is 899. The summed E-state index contributed by atoms with van der Waals surface area (Å²) in [6, 6.07) is 10.2. The molecule has 3 aliphatic heterocycles. The zero-order valence-corrected chi connectivity index (χ0v) is 18.0. The van der Waals surface area contributed by atoms with Crippen LogP contribution in [-0.4, -0.2) is 54.7 Å². The summed E-state index contributed by atoms with van der Waals surface area (Å²) in [6.07, 6.45) is 6.24. The van der Waals surface area contributed by atoms with Gasteiger partial charge in [0, 0.05) is 38.4 Å². The molecule has 1 aromatic carbocycles. The first-order valence-corrected chi connectivity index (χ1v) is 11.8. The van der Waals surface area contributed by atoms with Crippen molar-refractivity contribution in [3.8, 4) is 22.8 Å². The summed E-state index contributed by atoms with van der Waals surface area (Å²) >= 11 is 0. The highest BCUT2D eigenvalue weighted by Gasteiger charge is 2.41. The molecule has 2 aromatic rings. The van der Waals surface area contributed by atoms with Gasteiger partial charge in [0.25, 0.3) is 0 Å². The maximum Gasteiger partial charge on any atom is 0.231 e. The van der Waals surface area contributed by atoms with Crippen LogP contribution in [0, 0.1) is 23.7 Å². The molecule has 0 spiro atoms. The number of rotatable bonds is 5. The summed E-state index contributed by atoms with van der Waals surface area (Å²) in [5, 5.41) is 9.05. The monoisotopic (exact) mass is 421 g/mol. The Morgan fingerprint density at radius 1 is 0.871 bits per heavy atom. The van der Waals surface area contributed by atoms with Crippen molar-refractivity contribution in [3.05, 3.63) is 36.0 Å². The molecule has 3 fully saturated rings. The first-order chi connectivity index (χ1) is 15.3. The fraction of sp³-hybridized carbons (Fsp3) is 0.600. The molecule has 6 rings (SSSR count). The van der Waals surface area contributed by atoms with Crippen molar-refractivity contribution in [3.63, 3.8) is 0 Å². The van der Waals surface area contributed by atoms with Gasteiger partial charge < -0.3 is 19.1 Å². The number of hydrogen-bond acceptors (Lipinski definition) is 6.